The molecule has 0 bridgehead atoms. The van der Waals surface area contributed by atoms with Crippen LogP contribution < -0.4 is 0 Å². The maximum atomic E-state index is 12.2. The second-order valence-corrected chi connectivity index (χ2v) is 8.16. The summed E-state index contributed by atoms with van der Waals surface area (Å²) in [6, 6.07) is 14.1. The first-order chi connectivity index (χ1) is 10.8. The topological polar surface area (TPSA) is 23.6 Å². The van der Waals surface area contributed by atoms with Crippen molar-refractivity contribution < 1.29 is 4.21 Å². The molecule has 2 aromatic rings. The summed E-state index contributed by atoms with van der Waals surface area (Å²) in [7, 11) is -0.874. The molecule has 0 amide bonds. The van der Waals surface area contributed by atoms with Crippen LogP contribution in [0.2, 0.25) is 0 Å². The molecule has 0 unspecified atom stereocenters. The first-order valence-electron chi connectivity index (χ1n) is 7.72. The third-order valence-electron chi connectivity index (χ3n) is 4.02. The van der Waals surface area contributed by atoms with Gasteiger partial charge in [-0.1, -0.05) is 24.3 Å². The van der Waals surface area contributed by atoms with Gasteiger partial charge >= 0.3 is 0 Å². The van der Waals surface area contributed by atoms with Gasteiger partial charge in [0.25, 0.3) is 0 Å². The number of hydrogen-bond donors (Lipinski definition) is 0. The molecule has 22 heavy (non-hydrogen) atoms. The van der Waals surface area contributed by atoms with Crippen LogP contribution in [0.15, 0.2) is 52.7 Å². The third-order valence-corrected chi connectivity index (χ3v) is 6.24. The lowest BCUT2D eigenvalue weighted by molar-refractivity contribution is 0.133. The Morgan fingerprint density at radius 3 is 2.36 bits per heavy atom. The van der Waals surface area contributed by atoms with Gasteiger partial charge in [0.05, 0.1) is 10.8 Å². The molecule has 3 rings (SSSR count). The Labute approximate surface area is 139 Å². The van der Waals surface area contributed by atoms with E-state index in [0.717, 1.165) is 49.9 Å². The van der Waals surface area contributed by atoms with Gasteiger partial charge in [0.1, 0.15) is 0 Å². The van der Waals surface area contributed by atoms with E-state index in [2.05, 4.69) is 27.3 Å². The highest BCUT2D eigenvalue weighted by molar-refractivity contribution is 7.85. The van der Waals surface area contributed by atoms with Crippen LogP contribution in [0, 0.1) is 0 Å². The number of thiophene rings is 1. The van der Waals surface area contributed by atoms with E-state index in [1.807, 2.05) is 41.7 Å². The average molecular weight is 335 g/mol. The summed E-state index contributed by atoms with van der Waals surface area (Å²) in [5, 5.41) is 2.14. The molecule has 1 atom stereocenters. The Bertz CT molecular complexity index is 578. The number of hydrogen-bond acceptors (Lipinski definition) is 4. The van der Waals surface area contributed by atoms with Crippen LogP contribution in [0.1, 0.15) is 4.88 Å². The van der Waals surface area contributed by atoms with Gasteiger partial charge in [-0.3, -0.25) is 14.0 Å². The monoisotopic (exact) mass is 334 g/mol. The quantitative estimate of drug-likeness (QED) is 0.811. The molecule has 1 aliphatic heterocycles. The highest BCUT2D eigenvalue weighted by Gasteiger charge is 2.17. The van der Waals surface area contributed by atoms with Crippen LogP contribution in [0.5, 0.6) is 0 Å². The fourth-order valence-corrected chi connectivity index (χ4v) is 4.56. The van der Waals surface area contributed by atoms with Crippen molar-refractivity contribution in [1.82, 2.24) is 9.80 Å². The molecule has 3 nitrogen and oxygen atoms in total. The zero-order chi connectivity index (χ0) is 15.2. The Hall–Kier alpha value is -1.01. The van der Waals surface area contributed by atoms with Crippen molar-refractivity contribution >= 4 is 22.1 Å². The Kier molecular flexibility index (Phi) is 5.78. The second kappa shape index (κ2) is 8.02. The first-order valence-corrected chi connectivity index (χ1v) is 9.91. The van der Waals surface area contributed by atoms with Crippen molar-refractivity contribution in [1.29, 1.82) is 0 Å². The Balaban J connectivity index is 1.40. The standard InChI is InChI=1S/C17H22N2OS2/c20-22(17-6-2-1-3-7-17)14-12-18-8-10-19(11-9-18)15-16-5-4-13-21-16/h1-7,13H,8-12,14-15H2/t22-/m1/s1. The SMILES string of the molecule is O=[S@](CCN1CCN(Cc2cccs2)CC1)c1ccccc1. The van der Waals surface area contributed by atoms with Crippen molar-refractivity contribution in [3.63, 3.8) is 0 Å². The van der Waals surface area contributed by atoms with Crippen LogP contribution in [-0.4, -0.2) is 52.5 Å². The van der Waals surface area contributed by atoms with E-state index in [1.165, 1.54) is 4.88 Å². The molecule has 0 spiro atoms. The van der Waals surface area contributed by atoms with Gasteiger partial charge in [-0.2, -0.15) is 0 Å². The maximum Gasteiger partial charge on any atom is 0.0542 e. The van der Waals surface area contributed by atoms with Crippen LogP contribution >= 0.6 is 11.3 Å². The van der Waals surface area contributed by atoms with Crippen molar-refractivity contribution in [2.45, 2.75) is 11.4 Å². The third kappa shape index (κ3) is 4.49. The molecule has 0 aliphatic carbocycles. The molecule has 1 saturated heterocycles. The fraction of sp³-hybridized carbons (Fsp3) is 0.412. The minimum absolute atomic E-state index is 0.731. The van der Waals surface area contributed by atoms with E-state index < -0.39 is 10.8 Å². The summed E-state index contributed by atoms with van der Waals surface area (Å²) < 4.78 is 12.2. The summed E-state index contributed by atoms with van der Waals surface area (Å²) in [5.74, 6) is 0.731. The van der Waals surface area contributed by atoms with E-state index in [4.69, 9.17) is 0 Å². The van der Waals surface area contributed by atoms with Crippen LogP contribution in [0.25, 0.3) is 0 Å². The minimum atomic E-state index is -0.874. The number of rotatable bonds is 6. The second-order valence-electron chi connectivity index (χ2n) is 5.56. The van der Waals surface area contributed by atoms with E-state index in [9.17, 15) is 4.21 Å². The van der Waals surface area contributed by atoms with Gasteiger partial charge in [0.2, 0.25) is 0 Å². The van der Waals surface area contributed by atoms with Crippen molar-refractivity contribution in [2.75, 3.05) is 38.5 Å². The van der Waals surface area contributed by atoms with E-state index in [0.29, 0.717) is 0 Å². The predicted molar refractivity (Wildman–Crippen MR) is 93.8 cm³/mol. The normalized spacial score (nSPS) is 18.4. The summed E-state index contributed by atoms with van der Waals surface area (Å²) in [6.45, 7) is 6.37. The summed E-state index contributed by atoms with van der Waals surface area (Å²) in [5.41, 5.74) is 0. The van der Waals surface area contributed by atoms with Crippen LogP contribution in [0.4, 0.5) is 0 Å². The smallest absolute Gasteiger partial charge is 0.0542 e. The van der Waals surface area contributed by atoms with Crippen molar-refractivity contribution in [3.8, 4) is 0 Å². The maximum absolute atomic E-state index is 12.2. The lowest BCUT2D eigenvalue weighted by atomic mass is 10.3. The zero-order valence-electron chi connectivity index (χ0n) is 12.7. The highest BCUT2D eigenvalue weighted by Crippen LogP contribution is 2.13. The summed E-state index contributed by atoms with van der Waals surface area (Å²) >= 11 is 1.83. The van der Waals surface area contributed by atoms with Gasteiger partial charge < -0.3 is 0 Å². The van der Waals surface area contributed by atoms with Crippen LogP contribution in [-0.2, 0) is 17.3 Å². The summed E-state index contributed by atoms with van der Waals surface area (Å²) in [4.78, 5) is 7.33. The number of piperazine rings is 1. The zero-order valence-corrected chi connectivity index (χ0v) is 14.3. The molecule has 0 radical (unpaired) electrons. The fourth-order valence-electron chi connectivity index (χ4n) is 2.70. The summed E-state index contributed by atoms with van der Waals surface area (Å²) in [6.07, 6.45) is 0. The largest absolute Gasteiger partial charge is 0.300 e. The van der Waals surface area contributed by atoms with E-state index in [1.54, 1.807) is 0 Å². The number of nitrogens with zero attached hydrogens (tertiary/aromatic N) is 2. The first kappa shape index (κ1) is 15.9. The Morgan fingerprint density at radius 2 is 1.68 bits per heavy atom. The van der Waals surface area contributed by atoms with Gasteiger partial charge in [-0.25, -0.2) is 0 Å². The molecule has 5 heteroatoms. The van der Waals surface area contributed by atoms with Crippen LogP contribution in [0.3, 0.4) is 0 Å². The molecular weight excluding hydrogens is 312 g/mol. The van der Waals surface area contributed by atoms with Gasteiger partial charge in [-0.05, 0) is 23.6 Å². The molecule has 2 heterocycles. The minimum Gasteiger partial charge on any atom is -0.300 e. The molecule has 118 valence electrons. The predicted octanol–water partition coefficient (Wildman–Crippen LogP) is 2.67. The van der Waals surface area contributed by atoms with Crippen molar-refractivity contribution in [2.24, 2.45) is 0 Å². The molecule has 0 N–H and O–H groups in total. The van der Waals surface area contributed by atoms with E-state index >= 15 is 0 Å². The lowest BCUT2D eigenvalue weighted by Gasteiger charge is -2.34. The molecule has 1 aromatic carbocycles. The average Bonchev–Trinajstić information content (AvgIpc) is 3.08. The van der Waals surface area contributed by atoms with Gasteiger partial charge in [0, 0.05) is 54.8 Å². The lowest BCUT2D eigenvalue weighted by Crippen LogP contribution is -2.46. The molecule has 1 fully saturated rings. The number of benzene rings is 1. The van der Waals surface area contributed by atoms with Gasteiger partial charge in [-0.15, -0.1) is 11.3 Å². The Morgan fingerprint density at radius 1 is 0.955 bits per heavy atom. The molecule has 0 saturated carbocycles. The van der Waals surface area contributed by atoms with Crippen molar-refractivity contribution in [3.05, 3.63) is 52.7 Å². The molecule has 1 aromatic heterocycles. The molecular formula is C17H22N2OS2. The molecule has 1 aliphatic rings. The van der Waals surface area contributed by atoms with E-state index in [-0.39, 0.29) is 0 Å². The highest BCUT2D eigenvalue weighted by atomic mass is 32.2. The van der Waals surface area contributed by atoms with Gasteiger partial charge in [0.15, 0.2) is 0 Å².